The van der Waals surface area contributed by atoms with Gasteiger partial charge in [0.05, 0.1) is 14.1 Å². The second-order valence-corrected chi connectivity index (χ2v) is 12.6. The van der Waals surface area contributed by atoms with Crippen molar-refractivity contribution in [3.63, 3.8) is 0 Å². The number of benzene rings is 2. The van der Waals surface area contributed by atoms with Gasteiger partial charge < -0.3 is 0 Å². The highest BCUT2D eigenvalue weighted by molar-refractivity contribution is 6.86. The van der Waals surface area contributed by atoms with E-state index < -0.39 is 8.07 Å². The minimum atomic E-state index is -1.33. The molecule has 2 aromatic rings. The zero-order valence-electron chi connectivity index (χ0n) is 14.7. The monoisotopic (exact) mass is 331 g/mol. The fourth-order valence-corrected chi connectivity index (χ4v) is 3.13. The average Bonchev–Trinajstić information content (AvgIpc) is 2.54. The Hall–Kier alpha value is -2.19. The number of nitrogens with zero attached hydrogens (tertiary/aromatic N) is 1. The molecule has 0 bridgehead atoms. The van der Waals surface area contributed by atoms with Crippen molar-refractivity contribution in [3.8, 4) is 11.1 Å². The number of hydrogen-bond acceptors (Lipinski definition) is 1. The third-order valence-electron chi connectivity index (χ3n) is 4.65. The van der Waals surface area contributed by atoms with Crippen LogP contribution in [0.3, 0.4) is 0 Å². The quantitative estimate of drug-likeness (QED) is 0.368. The maximum absolute atomic E-state index is 4.76. The Labute approximate surface area is 146 Å². The van der Waals surface area contributed by atoms with E-state index in [1.807, 2.05) is 12.3 Å². The van der Waals surface area contributed by atoms with Gasteiger partial charge in [-0.2, -0.15) is 0 Å². The largest absolute Gasteiger partial charge is 0.285 e. The van der Waals surface area contributed by atoms with Gasteiger partial charge in [0.15, 0.2) is 0 Å². The van der Waals surface area contributed by atoms with Crippen molar-refractivity contribution in [1.82, 2.24) is 0 Å². The van der Waals surface area contributed by atoms with Crippen LogP contribution in [0.5, 0.6) is 0 Å². The lowest BCUT2D eigenvalue weighted by Crippen LogP contribution is -2.26. The summed E-state index contributed by atoms with van der Waals surface area (Å²) >= 11 is 0. The molecule has 0 amide bonds. The van der Waals surface area contributed by atoms with Crippen LogP contribution in [0.1, 0.15) is 11.5 Å². The zero-order valence-corrected chi connectivity index (χ0v) is 15.7. The van der Waals surface area contributed by atoms with Crippen molar-refractivity contribution in [2.24, 2.45) is 4.99 Å². The van der Waals surface area contributed by atoms with E-state index in [1.165, 1.54) is 21.9 Å². The summed E-state index contributed by atoms with van der Waals surface area (Å²) in [6.07, 6.45) is 6.44. The Bertz CT molecular complexity index is 764. The van der Waals surface area contributed by atoms with Gasteiger partial charge in [-0.1, -0.05) is 93.0 Å². The first-order chi connectivity index (χ1) is 11.4. The molecule has 0 saturated heterocycles. The predicted octanol–water partition coefficient (Wildman–Crippen LogP) is 5.88. The Morgan fingerprint density at radius 3 is 2.08 bits per heavy atom. The van der Waals surface area contributed by atoms with E-state index >= 15 is 0 Å². The summed E-state index contributed by atoms with van der Waals surface area (Å²) in [6, 6.07) is 19.6. The van der Waals surface area contributed by atoms with E-state index in [4.69, 9.17) is 4.99 Å². The number of rotatable bonds is 5. The molecule has 0 aliphatic heterocycles. The van der Waals surface area contributed by atoms with Crippen LogP contribution in [0.2, 0.25) is 19.6 Å². The van der Waals surface area contributed by atoms with Gasteiger partial charge in [-0.25, -0.2) is 0 Å². The molecule has 0 aromatic heterocycles. The highest BCUT2D eigenvalue weighted by Crippen LogP contribution is 2.33. The second-order valence-electron chi connectivity index (χ2n) is 7.44. The minimum absolute atomic E-state index is 0.251. The lowest BCUT2D eigenvalue weighted by molar-refractivity contribution is 0.666. The fraction of sp³-hybridized carbons (Fsp3) is 0.227. The Kier molecular flexibility index (Phi) is 4.68. The van der Waals surface area contributed by atoms with Crippen molar-refractivity contribution in [3.05, 3.63) is 84.1 Å². The molecule has 3 rings (SSSR count). The molecule has 1 aliphatic carbocycles. The predicted molar refractivity (Wildman–Crippen MR) is 109 cm³/mol. The first-order valence-electron chi connectivity index (χ1n) is 8.51. The first kappa shape index (κ1) is 16.7. The van der Waals surface area contributed by atoms with Crippen LogP contribution < -0.4 is 0 Å². The van der Waals surface area contributed by atoms with Crippen molar-refractivity contribution in [2.75, 3.05) is 0 Å². The maximum atomic E-state index is 4.76. The summed E-state index contributed by atoms with van der Waals surface area (Å²) in [4.78, 5) is 4.76. The van der Waals surface area contributed by atoms with Crippen molar-refractivity contribution < 1.29 is 0 Å². The van der Waals surface area contributed by atoms with Crippen LogP contribution in [0, 0.1) is 0 Å². The van der Waals surface area contributed by atoms with Crippen molar-refractivity contribution >= 4 is 14.3 Å². The molecular weight excluding hydrogens is 306 g/mol. The van der Waals surface area contributed by atoms with E-state index in [9.17, 15) is 0 Å². The molecule has 122 valence electrons. The lowest BCUT2D eigenvalue weighted by atomic mass is 9.83. The van der Waals surface area contributed by atoms with Crippen LogP contribution in [0.15, 0.2) is 83.5 Å². The van der Waals surface area contributed by atoms with Gasteiger partial charge in [-0.15, -0.1) is 0 Å². The molecule has 1 nitrogen and oxygen atoms in total. The van der Waals surface area contributed by atoms with Crippen LogP contribution in [0.25, 0.3) is 11.1 Å². The molecule has 0 heterocycles. The molecule has 2 aromatic carbocycles. The summed E-state index contributed by atoms with van der Waals surface area (Å²) in [5, 5.41) is 1.21. The summed E-state index contributed by atoms with van der Waals surface area (Å²) in [7, 11) is -1.33. The number of allylic oxidation sites excluding steroid dienone is 1. The van der Waals surface area contributed by atoms with E-state index in [0.717, 1.165) is 0 Å². The molecule has 0 fully saturated rings. The van der Waals surface area contributed by atoms with Gasteiger partial charge in [0.1, 0.15) is 0 Å². The van der Waals surface area contributed by atoms with E-state index in [0.29, 0.717) is 5.92 Å². The Morgan fingerprint density at radius 1 is 0.917 bits per heavy atom. The Balaban J connectivity index is 1.71. The molecular formula is C22H25NSi. The molecule has 0 N–H and O–H groups in total. The summed E-state index contributed by atoms with van der Waals surface area (Å²) in [5.41, 5.74) is 3.85. The van der Waals surface area contributed by atoms with Gasteiger partial charge in [0.2, 0.25) is 0 Å². The normalized spacial score (nSPS) is 20.1. The van der Waals surface area contributed by atoms with Gasteiger partial charge in [0.25, 0.3) is 0 Å². The summed E-state index contributed by atoms with van der Waals surface area (Å²) < 4.78 is 0. The molecule has 2 unspecified atom stereocenters. The third kappa shape index (κ3) is 3.65. The number of aliphatic imine (C=N–C) groups is 1. The van der Waals surface area contributed by atoms with Crippen molar-refractivity contribution in [1.29, 1.82) is 0 Å². The van der Waals surface area contributed by atoms with Gasteiger partial charge >= 0.3 is 0 Å². The Morgan fingerprint density at radius 2 is 1.54 bits per heavy atom. The summed E-state index contributed by atoms with van der Waals surface area (Å²) in [6.45, 7) is 11.1. The van der Waals surface area contributed by atoms with Crippen molar-refractivity contribution in [2.45, 2.75) is 31.6 Å². The van der Waals surface area contributed by atoms with Crippen LogP contribution in [0.4, 0.5) is 0 Å². The number of hydrogen-bond donors (Lipinski definition) is 0. The van der Waals surface area contributed by atoms with Crippen LogP contribution in [-0.2, 0) is 0 Å². The SMILES string of the molecule is C=C(C=NC1C=CC1c1ccc(-c2ccccc2)cc1)[Si](C)(C)C. The first-order valence-corrected chi connectivity index (χ1v) is 12.0. The molecule has 1 aliphatic rings. The smallest absolute Gasteiger partial charge is 0.0788 e. The molecule has 0 radical (unpaired) electrons. The molecule has 2 atom stereocenters. The van der Waals surface area contributed by atoms with E-state index in [-0.39, 0.29) is 6.04 Å². The van der Waals surface area contributed by atoms with E-state index in [1.54, 1.807) is 0 Å². The minimum Gasteiger partial charge on any atom is -0.285 e. The van der Waals surface area contributed by atoms with Gasteiger partial charge in [0, 0.05) is 12.1 Å². The third-order valence-corrected chi connectivity index (χ3v) is 6.71. The average molecular weight is 332 g/mol. The highest BCUT2D eigenvalue weighted by atomic mass is 28.3. The van der Waals surface area contributed by atoms with Gasteiger partial charge in [-0.05, 0) is 21.9 Å². The maximum Gasteiger partial charge on any atom is 0.0788 e. The molecule has 0 saturated carbocycles. The van der Waals surface area contributed by atoms with Gasteiger partial charge in [-0.3, -0.25) is 4.99 Å². The lowest BCUT2D eigenvalue weighted by Gasteiger charge is -2.27. The summed E-state index contributed by atoms with van der Waals surface area (Å²) in [5.74, 6) is 0.389. The standard InChI is InChI=1S/C22H25NSi/c1-17(24(2,3)4)16-23-22-15-14-21(22)20-12-10-19(11-13-20)18-8-6-5-7-9-18/h5-16,21-22H,1H2,2-4H3. The molecule has 0 spiro atoms. The fourth-order valence-electron chi connectivity index (χ4n) is 2.67. The molecule has 2 heteroatoms. The second kappa shape index (κ2) is 6.74. The van der Waals surface area contributed by atoms with E-state index in [2.05, 4.69) is 86.9 Å². The molecule has 24 heavy (non-hydrogen) atoms. The van der Waals surface area contributed by atoms with Crippen LogP contribution >= 0.6 is 0 Å². The zero-order chi connectivity index (χ0) is 17.2. The highest BCUT2D eigenvalue weighted by Gasteiger charge is 2.25. The van der Waals surface area contributed by atoms with Crippen LogP contribution in [-0.4, -0.2) is 20.3 Å². The topological polar surface area (TPSA) is 12.4 Å².